The molecule has 2 atom stereocenters. The van der Waals surface area contributed by atoms with Crippen LogP contribution in [-0.4, -0.2) is 33.3 Å². The number of amides is 2. The number of nitrogens with zero attached hydrogens (tertiary/aromatic N) is 2. The topological polar surface area (TPSA) is 109 Å². The van der Waals surface area contributed by atoms with Crippen LogP contribution in [0, 0.1) is 5.92 Å². The van der Waals surface area contributed by atoms with Crippen LogP contribution >= 0.6 is 0 Å². The minimum Gasteiger partial charge on any atom is -0.437 e. The predicted molar refractivity (Wildman–Crippen MR) is 115 cm³/mol. The summed E-state index contributed by atoms with van der Waals surface area (Å²) in [4.78, 5) is 35.6. The van der Waals surface area contributed by atoms with Crippen molar-refractivity contribution in [2.45, 2.75) is 51.1 Å². The molecule has 0 unspecified atom stereocenters. The second-order valence-electron chi connectivity index (χ2n) is 8.40. The Hall–Kier alpha value is -3.42. The highest BCUT2D eigenvalue weighted by Crippen LogP contribution is 2.34. The molecule has 1 fully saturated rings. The highest BCUT2D eigenvalue weighted by atomic mass is 16.5. The molecule has 31 heavy (non-hydrogen) atoms. The molecule has 0 saturated heterocycles. The van der Waals surface area contributed by atoms with E-state index in [-0.39, 0.29) is 18.0 Å². The van der Waals surface area contributed by atoms with Gasteiger partial charge < -0.3 is 20.4 Å². The first-order chi connectivity index (χ1) is 15.1. The summed E-state index contributed by atoms with van der Waals surface area (Å²) >= 11 is 0. The summed E-state index contributed by atoms with van der Waals surface area (Å²) in [7, 11) is 0. The van der Waals surface area contributed by atoms with Crippen molar-refractivity contribution in [2.75, 3.05) is 0 Å². The number of H-pyrrole nitrogens is 1. The molecule has 3 aromatic rings. The number of rotatable bonds is 7. The second-order valence-corrected chi connectivity index (χ2v) is 8.40. The van der Waals surface area contributed by atoms with Crippen molar-refractivity contribution in [1.82, 2.24) is 25.6 Å². The van der Waals surface area contributed by atoms with Crippen molar-refractivity contribution in [3.05, 3.63) is 47.3 Å². The van der Waals surface area contributed by atoms with Crippen LogP contribution in [0.1, 0.15) is 60.1 Å². The molecule has 0 bridgehead atoms. The van der Waals surface area contributed by atoms with Gasteiger partial charge in [-0.15, -0.1) is 0 Å². The van der Waals surface area contributed by atoms with Crippen LogP contribution in [0.4, 0.5) is 0 Å². The number of carbonyl (C=O) groups excluding carboxylic acids is 2. The van der Waals surface area contributed by atoms with Gasteiger partial charge in [0.1, 0.15) is 11.3 Å². The largest absolute Gasteiger partial charge is 0.437 e. The molecular formula is C23H25N5O3. The van der Waals surface area contributed by atoms with Gasteiger partial charge in [-0.1, -0.05) is 6.07 Å². The Bertz CT molecular complexity index is 1140. The van der Waals surface area contributed by atoms with Gasteiger partial charge in [-0.05, 0) is 68.2 Å². The molecular weight excluding hydrogens is 394 g/mol. The Morgan fingerprint density at radius 1 is 1.32 bits per heavy atom. The summed E-state index contributed by atoms with van der Waals surface area (Å²) < 4.78 is 5.98. The van der Waals surface area contributed by atoms with E-state index in [1.165, 1.54) is 11.8 Å². The number of hydrogen-bond acceptors (Lipinski definition) is 5. The fraction of sp³-hybridized carbons (Fsp3) is 0.391. The maximum atomic E-state index is 12.7. The molecule has 2 aliphatic carbocycles. The molecule has 1 aromatic carbocycles. The molecule has 1 saturated carbocycles. The number of ether oxygens (including phenoxy) is 1. The van der Waals surface area contributed by atoms with Gasteiger partial charge in [-0.3, -0.25) is 9.59 Å². The average molecular weight is 419 g/mol. The summed E-state index contributed by atoms with van der Waals surface area (Å²) in [6, 6.07) is 6.02. The van der Waals surface area contributed by atoms with E-state index in [1.807, 2.05) is 25.1 Å². The number of aromatic amines is 1. The SMILES string of the molecule is C[C@@H](NC(=O)c1c[nH]c2ncc(Oc3ccc4c(c3)[C@H](NC=O)CCC4)nc12)C1CC1. The molecule has 8 heteroatoms. The fourth-order valence-corrected chi connectivity index (χ4v) is 4.31. The molecule has 8 nitrogen and oxygen atoms in total. The lowest BCUT2D eigenvalue weighted by Crippen LogP contribution is -2.33. The van der Waals surface area contributed by atoms with Crippen molar-refractivity contribution in [3.8, 4) is 11.6 Å². The van der Waals surface area contributed by atoms with Crippen LogP contribution in [0.15, 0.2) is 30.6 Å². The zero-order valence-electron chi connectivity index (χ0n) is 17.4. The van der Waals surface area contributed by atoms with Crippen LogP contribution < -0.4 is 15.4 Å². The maximum Gasteiger partial charge on any atom is 0.255 e. The smallest absolute Gasteiger partial charge is 0.255 e. The van der Waals surface area contributed by atoms with Gasteiger partial charge in [0.2, 0.25) is 12.3 Å². The third kappa shape index (κ3) is 3.97. The van der Waals surface area contributed by atoms with Crippen LogP contribution in [0.3, 0.4) is 0 Å². The van der Waals surface area contributed by atoms with E-state index in [9.17, 15) is 9.59 Å². The molecule has 160 valence electrons. The van der Waals surface area contributed by atoms with Crippen molar-refractivity contribution < 1.29 is 14.3 Å². The minimum absolute atomic E-state index is 0.00760. The summed E-state index contributed by atoms with van der Waals surface area (Å²) in [5.41, 5.74) is 3.77. The zero-order chi connectivity index (χ0) is 21.4. The van der Waals surface area contributed by atoms with Crippen LogP contribution in [0.2, 0.25) is 0 Å². The molecule has 3 N–H and O–H groups in total. The first-order valence-corrected chi connectivity index (χ1v) is 10.8. The number of nitrogens with one attached hydrogen (secondary N) is 3. The monoisotopic (exact) mass is 419 g/mol. The van der Waals surface area contributed by atoms with Gasteiger partial charge in [0, 0.05) is 12.2 Å². The molecule has 2 aromatic heterocycles. The van der Waals surface area contributed by atoms with Crippen molar-refractivity contribution in [2.24, 2.45) is 5.92 Å². The van der Waals surface area contributed by atoms with Crippen molar-refractivity contribution >= 4 is 23.5 Å². The summed E-state index contributed by atoms with van der Waals surface area (Å²) in [6.45, 7) is 2.04. The van der Waals surface area contributed by atoms with E-state index >= 15 is 0 Å². The van der Waals surface area contributed by atoms with Gasteiger partial charge in [-0.25, -0.2) is 9.97 Å². The summed E-state index contributed by atoms with van der Waals surface area (Å²) in [6.07, 6.45) is 9.18. The fourth-order valence-electron chi connectivity index (χ4n) is 4.31. The van der Waals surface area contributed by atoms with E-state index in [0.29, 0.717) is 34.3 Å². The third-order valence-corrected chi connectivity index (χ3v) is 6.21. The normalized spacial score (nSPS) is 18.8. The van der Waals surface area contributed by atoms with E-state index in [1.54, 1.807) is 6.20 Å². The molecule has 0 radical (unpaired) electrons. The van der Waals surface area contributed by atoms with E-state index < -0.39 is 0 Å². The number of fused-ring (bicyclic) bond motifs is 2. The lowest BCUT2D eigenvalue weighted by atomic mass is 9.87. The summed E-state index contributed by atoms with van der Waals surface area (Å²) in [5.74, 6) is 1.34. The third-order valence-electron chi connectivity index (χ3n) is 6.21. The maximum absolute atomic E-state index is 12.7. The highest BCUT2D eigenvalue weighted by Gasteiger charge is 2.29. The van der Waals surface area contributed by atoms with Gasteiger partial charge >= 0.3 is 0 Å². The number of aromatic nitrogens is 3. The Kier molecular flexibility index (Phi) is 5.05. The second kappa shape index (κ2) is 8.02. The van der Waals surface area contributed by atoms with Gasteiger partial charge in [0.25, 0.3) is 5.91 Å². The highest BCUT2D eigenvalue weighted by molar-refractivity contribution is 6.04. The Morgan fingerprint density at radius 3 is 3.00 bits per heavy atom. The molecule has 2 heterocycles. The van der Waals surface area contributed by atoms with E-state index in [0.717, 1.165) is 44.1 Å². The molecule has 5 rings (SSSR count). The quantitative estimate of drug-likeness (QED) is 0.509. The zero-order valence-corrected chi connectivity index (χ0v) is 17.4. The van der Waals surface area contributed by atoms with Crippen molar-refractivity contribution in [3.63, 3.8) is 0 Å². The first kappa shape index (κ1) is 19.5. The standard InChI is InChI=1S/C23H25N5O3/c1-13(14-5-6-14)27-23(30)18-10-24-22-21(18)28-20(11-25-22)31-16-8-7-15-3-2-4-19(26-12-29)17(15)9-16/h7-14,19H,2-6H2,1H3,(H,24,25)(H,26,29)(H,27,30)/t13-,19-/m1/s1. The minimum atomic E-state index is -0.159. The number of hydrogen-bond donors (Lipinski definition) is 3. The molecule has 2 aliphatic rings. The van der Waals surface area contributed by atoms with E-state index in [2.05, 4.69) is 25.6 Å². The van der Waals surface area contributed by atoms with E-state index in [4.69, 9.17) is 4.74 Å². The lowest BCUT2D eigenvalue weighted by Gasteiger charge is -2.25. The molecule has 2 amide bonds. The van der Waals surface area contributed by atoms with Crippen LogP contribution in [-0.2, 0) is 11.2 Å². The van der Waals surface area contributed by atoms with Gasteiger partial charge in [-0.2, -0.15) is 0 Å². The number of benzene rings is 1. The van der Waals surface area contributed by atoms with Gasteiger partial charge in [0.15, 0.2) is 5.65 Å². The first-order valence-electron chi connectivity index (χ1n) is 10.8. The molecule has 0 spiro atoms. The van der Waals surface area contributed by atoms with Crippen LogP contribution in [0.25, 0.3) is 11.2 Å². The Labute approximate surface area is 179 Å². The Balaban J connectivity index is 1.39. The summed E-state index contributed by atoms with van der Waals surface area (Å²) in [5, 5.41) is 5.94. The molecule has 0 aliphatic heterocycles. The average Bonchev–Trinajstić information content (AvgIpc) is 3.54. The predicted octanol–water partition coefficient (Wildman–Crippen LogP) is 3.40. The van der Waals surface area contributed by atoms with Gasteiger partial charge in [0.05, 0.1) is 17.8 Å². The lowest BCUT2D eigenvalue weighted by molar-refractivity contribution is -0.110. The Morgan fingerprint density at radius 2 is 2.19 bits per heavy atom. The van der Waals surface area contributed by atoms with Crippen molar-refractivity contribution in [1.29, 1.82) is 0 Å². The van der Waals surface area contributed by atoms with Crippen LogP contribution in [0.5, 0.6) is 11.6 Å². The number of aryl methyl sites for hydroxylation is 1. The number of carbonyl (C=O) groups is 2.